The van der Waals surface area contributed by atoms with Crippen molar-refractivity contribution < 1.29 is 24.0 Å². The topological polar surface area (TPSA) is 132 Å². The van der Waals surface area contributed by atoms with Gasteiger partial charge in [-0.3, -0.25) is 10.1 Å². The molecule has 1 N–H and O–H groups in total. The van der Waals surface area contributed by atoms with Crippen molar-refractivity contribution in [2.24, 2.45) is 0 Å². The summed E-state index contributed by atoms with van der Waals surface area (Å²) in [4.78, 5) is 36.7. The number of nitrogens with zero attached hydrogens (tertiary/aromatic N) is 2. The molecule has 1 aliphatic heterocycles. The molecule has 0 saturated carbocycles. The van der Waals surface area contributed by atoms with Crippen molar-refractivity contribution in [1.29, 1.82) is 5.26 Å². The largest absolute Gasteiger partial charge is 0.466 e. The van der Waals surface area contributed by atoms with E-state index < -0.39 is 22.8 Å². The van der Waals surface area contributed by atoms with E-state index in [-0.39, 0.29) is 23.4 Å². The molecule has 1 heterocycles. The quantitative estimate of drug-likeness (QED) is 0.249. The minimum atomic E-state index is -0.903. The van der Waals surface area contributed by atoms with Gasteiger partial charge in [0.25, 0.3) is 5.69 Å². The van der Waals surface area contributed by atoms with E-state index in [9.17, 15) is 19.7 Å². The van der Waals surface area contributed by atoms with E-state index >= 15 is 0 Å². The number of hydrogen-bond acceptors (Lipinski definition) is 8. The van der Waals surface area contributed by atoms with E-state index in [0.717, 1.165) is 5.56 Å². The van der Waals surface area contributed by atoms with Gasteiger partial charge < -0.3 is 14.8 Å². The zero-order chi connectivity index (χ0) is 26.2. The van der Waals surface area contributed by atoms with Crippen molar-refractivity contribution in [3.8, 4) is 6.07 Å². The van der Waals surface area contributed by atoms with Crippen molar-refractivity contribution >= 4 is 23.7 Å². The van der Waals surface area contributed by atoms with E-state index in [2.05, 4.69) is 11.4 Å². The Labute approximate surface area is 208 Å². The summed E-state index contributed by atoms with van der Waals surface area (Å²) in [6.07, 6.45) is 4.14. The molecule has 0 fully saturated rings. The van der Waals surface area contributed by atoms with E-state index in [1.54, 1.807) is 32.0 Å². The van der Waals surface area contributed by atoms with Gasteiger partial charge in [0, 0.05) is 23.5 Å². The fourth-order valence-electron chi connectivity index (χ4n) is 3.98. The first-order valence-corrected chi connectivity index (χ1v) is 11.1. The Balaban J connectivity index is 1.82. The molecule has 0 spiro atoms. The fraction of sp³-hybridized carbons (Fsp3) is 0.222. The second-order valence-electron chi connectivity index (χ2n) is 8.04. The second kappa shape index (κ2) is 11.6. The molecule has 2 aromatic rings. The average molecular weight is 488 g/mol. The molecule has 9 nitrogen and oxygen atoms in total. The third kappa shape index (κ3) is 5.85. The number of carbonyl (C=O) groups excluding carboxylic acids is 2. The molecule has 0 saturated heterocycles. The number of hydrogen-bond donors (Lipinski definition) is 1. The number of nitro groups is 1. The number of nitriles is 1. The van der Waals surface area contributed by atoms with Crippen LogP contribution in [0.1, 0.15) is 42.9 Å². The standard InChI is InChI=1S/C27H25N3O6/c1-17-23(26(31)35-3)25(21-8-6-9-22(15-21)30(33)34)24(18(2)29-17)27(32)36-14-5-4-7-19-10-12-20(16-28)13-11-19/h4,6-13,15,25,29H,5,14H2,1-3H3/b7-4+. The number of ether oxygens (including phenoxy) is 2. The summed E-state index contributed by atoms with van der Waals surface area (Å²) in [5.74, 6) is -2.20. The number of methoxy groups -OCH3 is 1. The van der Waals surface area contributed by atoms with Crippen LogP contribution in [-0.4, -0.2) is 30.6 Å². The van der Waals surface area contributed by atoms with Gasteiger partial charge in [-0.1, -0.05) is 36.4 Å². The summed E-state index contributed by atoms with van der Waals surface area (Å²) in [6.45, 7) is 3.44. The molecule has 0 radical (unpaired) electrons. The first kappa shape index (κ1) is 25.9. The molecule has 184 valence electrons. The van der Waals surface area contributed by atoms with Crippen molar-refractivity contribution in [1.82, 2.24) is 5.32 Å². The summed E-state index contributed by atoms with van der Waals surface area (Å²) in [5.41, 5.74) is 3.04. The summed E-state index contributed by atoms with van der Waals surface area (Å²) in [5, 5.41) is 23.3. The van der Waals surface area contributed by atoms with Crippen molar-refractivity contribution in [3.05, 3.63) is 104 Å². The lowest BCUT2D eigenvalue weighted by molar-refractivity contribution is -0.384. The van der Waals surface area contributed by atoms with Gasteiger partial charge >= 0.3 is 11.9 Å². The first-order chi connectivity index (χ1) is 17.3. The van der Waals surface area contributed by atoms with Gasteiger partial charge in [-0.05, 0) is 43.5 Å². The zero-order valence-corrected chi connectivity index (χ0v) is 20.1. The van der Waals surface area contributed by atoms with Crippen LogP contribution in [0.15, 0.2) is 77.1 Å². The highest BCUT2D eigenvalue weighted by atomic mass is 16.6. The van der Waals surface area contributed by atoms with Gasteiger partial charge in [0.15, 0.2) is 0 Å². The molecule has 1 atom stereocenters. The van der Waals surface area contributed by atoms with E-state index in [1.165, 1.54) is 25.3 Å². The Kier molecular flexibility index (Phi) is 8.36. The molecule has 0 aliphatic carbocycles. The predicted octanol–water partition coefficient (Wildman–Crippen LogP) is 4.52. The minimum absolute atomic E-state index is 0.0836. The number of non-ortho nitro benzene ring substituents is 1. The number of nitro benzene ring substituents is 1. The molecule has 9 heteroatoms. The molecule has 1 unspecified atom stereocenters. The maximum absolute atomic E-state index is 13.2. The number of nitrogens with one attached hydrogen (secondary N) is 1. The van der Waals surface area contributed by atoms with Crippen LogP contribution in [0, 0.1) is 21.4 Å². The molecule has 1 aliphatic rings. The van der Waals surface area contributed by atoms with Crippen molar-refractivity contribution in [2.75, 3.05) is 13.7 Å². The lowest BCUT2D eigenvalue weighted by atomic mass is 9.80. The van der Waals surface area contributed by atoms with Crippen LogP contribution >= 0.6 is 0 Å². The van der Waals surface area contributed by atoms with Gasteiger partial charge in [-0.25, -0.2) is 9.59 Å². The lowest BCUT2D eigenvalue weighted by Crippen LogP contribution is -2.32. The second-order valence-corrected chi connectivity index (χ2v) is 8.04. The minimum Gasteiger partial charge on any atom is -0.466 e. The first-order valence-electron chi connectivity index (χ1n) is 11.1. The number of rotatable bonds is 8. The van der Waals surface area contributed by atoms with Crippen LogP contribution < -0.4 is 5.32 Å². The Bertz CT molecular complexity index is 1320. The molecule has 36 heavy (non-hydrogen) atoms. The number of allylic oxidation sites excluding steroid dienone is 2. The highest BCUT2D eigenvalue weighted by Gasteiger charge is 2.38. The smallest absolute Gasteiger partial charge is 0.336 e. The molecule has 0 amide bonds. The molecule has 0 aromatic heterocycles. The highest BCUT2D eigenvalue weighted by molar-refractivity contribution is 5.99. The zero-order valence-electron chi connectivity index (χ0n) is 20.1. The maximum atomic E-state index is 13.2. The number of dihydropyridines is 1. The summed E-state index contributed by atoms with van der Waals surface area (Å²) in [7, 11) is 1.23. The van der Waals surface area contributed by atoms with Crippen molar-refractivity contribution in [3.63, 3.8) is 0 Å². The van der Waals surface area contributed by atoms with Crippen LogP contribution in [0.4, 0.5) is 5.69 Å². The van der Waals surface area contributed by atoms with E-state index in [0.29, 0.717) is 28.9 Å². The normalized spacial score (nSPS) is 15.3. The average Bonchev–Trinajstić information content (AvgIpc) is 2.87. The Morgan fingerprint density at radius 1 is 1.11 bits per heavy atom. The maximum Gasteiger partial charge on any atom is 0.336 e. The van der Waals surface area contributed by atoms with Gasteiger partial charge in [-0.2, -0.15) is 5.26 Å². The summed E-state index contributed by atoms with van der Waals surface area (Å²) in [6, 6.07) is 14.9. The summed E-state index contributed by atoms with van der Waals surface area (Å²) < 4.78 is 10.5. The van der Waals surface area contributed by atoms with Crippen LogP contribution in [0.2, 0.25) is 0 Å². The Morgan fingerprint density at radius 2 is 1.78 bits per heavy atom. The molecule has 2 aromatic carbocycles. The van der Waals surface area contributed by atoms with Crippen LogP contribution in [0.5, 0.6) is 0 Å². The highest BCUT2D eigenvalue weighted by Crippen LogP contribution is 2.40. The molecule has 0 bridgehead atoms. The Hall–Kier alpha value is -4.71. The fourth-order valence-corrected chi connectivity index (χ4v) is 3.98. The monoisotopic (exact) mass is 487 g/mol. The van der Waals surface area contributed by atoms with E-state index in [4.69, 9.17) is 14.7 Å². The molecular formula is C27H25N3O6. The van der Waals surface area contributed by atoms with Gasteiger partial charge in [0.05, 0.1) is 47.3 Å². The SMILES string of the molecule is COC(=O)C1=C(C)NC(C)=C(C(=O)OCC/C=C/c2ccc(C#N)cc2)C1c1cccc([N+](=O)[O-])c1. The molecule has 3 rings (SSSR count). The van der Waals surface area contributed by atoms with Gasteiger partial charge in [-0.15, -0.1) is 0 Å². The van der Waals surface area contributed by atoms with Crippen LogP contribution in [0.25, 0.3) is 6.08 Å². The summed E-state index contributed by atoms with van der Waals surface area (Å²) >= 11 is 0. The van der Waals surface area contributed by atoms with E-state index in [1.807, 2.05) is 24.3 Å². The predicted molar refractivity (Wildman–Crippen MR) is 132 cm³/mol. The number of esters is 2. The van der Waals surface area contributed by atoms with Crippen LogP contribution in [-0.2, 0) is 19.1 Å². The van der Waals surface area contributed by atoms with Gasteiger partial charge in [0.2, 0.25) is 0 Å². The third-order valence-electron chi connectivity index (χ3n) is 5.67. The third-order valence-corrected chi connectivity index (χ3v) is 5.67. The number of carbonyl (C=O) groups is 2. The van der Waals surface area contributed by atoms with Crippen molar-refractivity contribution in [2.45, 2.75) is 26.2 Å². The molecular weight excluding hydrogens is 462 g/mol. The number of benzene rings is 2. The van der Waals surface area contributed by atoms with Crippen LogP contribution in [0.3, 0.4) is 0 Å². The Morgan fingerprint density at radius 3 is 2.39 bits per heavy atom. The van der Waals surface area contributed by atoms with Gasteiger partial charge in [0.1, 0.15) is 0 Å². The lowest BCUT2D eigenvalue weighted by Gasteiger charge is -2.30.